The Morgan fingerprint density at radius 1 is 1.11 bits per heavy atom. The van der Waals surface area contributed by atoms with Crippen molar-refractivity contribution in [3.05, 3.63) is 64.7 Å². The molecular formula is C20H18F2N2O3. The molecule has 0 aromatic heterocycles. The first-order valence-electron chi connectivity index (χ1n) is 8.19. The maximum atomic E-state index is 13.6. The minimum absolute atomic E-state index is 0.0965. The van der Waals surface area contributed by atoms with Crippen LogP contribution in [0.5, 0.6) is 0 Å². The smallest absolute Gasteiger partial charge is 0.341 e. The molecule has 0 atom stereocenters. The van der Waals surface area contributed by atoms with Crippen molar-refractivity contribution in [2.75, 3.05) is 18.1 Å². The van der Waals surface area contributed by atoms with E-state index in [9.17, 15) is 18.4 Å². The van der Waals surface area contributed by atoms with Crippen molar-refractivity contribution < 1.29 is 23.1 Å². The Balaban J connectivity index is 2.13. The molecule has 5 nitrogen and oxygen atoms in total. The molecule has 2 aromatic rings. The number of amides is 1. The Labute approximate surface area is 155 Å². The minimum atomic E-state index is -1.07. The second-order valence-electron chi connectivity index (χ2n) is 6.00. The second-order valence-corrected chi connectivity index (χ2v) is 6.00. The number of anilines is 1. The molecule has 0 heterocycles. The van der Waals surface area contributed by atoms with Gasteiger partial charge in [0, 0.05) is 18.3 Å². The van der Waals surface area contributed by atoms with Crippen molar-refractivity contribution in [2.24, 2.45) is 0 Å². The molecule has 0 bridgehead atoms. The van der Waals surface area contributed by atoms with Crippen LogP contribution in [-0.2, 0) is 9.53 Å². The fraction of sp³-hybridized carbons (Fsp3) is 0.250. The predicted octanol–water partition coefficient (Wildman–Crippen LogP) is 3.69. The molecule has 0 saturated carbocycles. The van der Waals surface area contributed by atoms with Gasteiger partial charge in [0.2, 0.25) is 0 Å². The Morgan fingerprint density at radius 2 is 1.78 bits per heavy atom. The number of halogens is 2. The van der Waals surface area contributed by atoms with E-state index in [0.717, 1.165) is 23.3 Å². The van der Waals surface area contributed by atoms with E-state index in [2.05, 4.69) is 0 Å². The first-order valence-corrected chi connectivity index (χ1v) is 8.19. The van der Waals surface area contributed by atoms with Gasteiger partial charge in [-0.1, -0.05) is 6.07 Å². The molecule has 2 aromatic carbocycles. The number of hydrogen-bond donors (Lipinski definition) is 0. The van der Waals surface area contributed by atoms with Crippen LogP contribution in [0, 0.1) is 36.8 Å². The number of carbonyl (C=O) groups excluding carboxylic acids is 2. The molecule has 0 radical (unpaired) electrons. The van der Waals surface area contributed by atoms with Crippen LogP contribution in [-0.4, -0.2) is 25.0 Å². The number of carbonyl (C=O) groups is 2. The lowest BCUT2D eigenvalue weighted by Crippen LogP contribution is -2.35. The number of nitriles is 1. The number of ether oxygens (including phenoxy) is 1. The summed E-state index contributed by atoms with van der Waals surface area (Å²) in [5.74, 6) is -3.51. The van der Waals surface area contributed by atoms with Crippen LogP contribution in [0.2, 0.25) is 0 Å². The SMILES string of the molecule is Cc1cc(C)cc(N(CCC#N)C(=O)COC(=O)c2ccc(F)cc2F)c1. The highest BCUT2D eigenvalue weighted by atomic mass is 19.1. The summed E-state index contributed by atoms with van der Waals surface area (Å²) in [5.41, 5.74) is 1.99. The lowest BCUT2D eigenvalue weighted by Gasteiger charge is -2.22. The van der Waals surface area contributed by atoms with Crippen LogP contribution < -0.4 is 4.90 Å². The third-order valence-electron chi connectivity index (χ3n) is 3.74. The van der Waals surface area contributed by atoms with E-state index in [1.165, 1.54) is 4.90 Å². The van der Waals surface area contributed by atoms with Gasteiger partial charge >= 0.3 is 5.97 Å². The van der Waals surface area contributed by atoms with E-state index in [-0.39, 0.29) is 13.0 Å². The highest BCUT2D eigenvalue weighted by Crippen LogP contribution is 2.20. The average Bonchev–Trinajstić information content (AvgIpc) is 2.59. The molecule has 0 aliphatic heterocycles. The van der Waals surface area contributed by atoms with Crippen LogP contribution in [0.25, 0.3) is 0 Å². The van der Waals surface area contributed by atoms with E-state index in [0.29, 0.717) is 11.8 Å². The molecule has 0 aliphatic rings. The number of rotatable bonds is 6. The molecule has 0 fully saturated rings. The number of hydrogen-bond acceptors (Lipinski definition) is 4. The van der Waals surface area contributed by atoms with E-state index in [1.54, 1.807) is 12.1 Å². The Morgan fingerprint density at radius 3 is 2.37 bits per heavy atom. The van der Waals surface area contributed by atoms with Crippen molar-refractivity contribution in [1.29, 1.82) is 5.26 Å². The van der Waals surface area contributed by atoms with Crippen LogP contribution in [0.4, 0.5) is 14.5 Å². The average molecular weight is 372 g/mol. The van der Waals surface area contributed by atoms with E-state index in [4.69, 9.17) is 10.00 Å². The quantitative estimate of drug-likeness (QED) is 0.725. The van der Waals surface area contributed by atoms with Gasteiger partial charge < -0.3 is 9.64 Å². The summed E-state index contributed by atoms with van der Waals surface area (Å²) >= 11 is 0. The lowest BCUT2D eigenvalue weighted by atomic mass is 10.1. The number of benzene rings is 2. The highest BCUT2D eigenvalue weighted by molar-refractivity contribution is 5.97. The van der Waals surface area contributed by atoms with Gasteiger partial charge in [-0.15, -0.1) is 0 Å². The number of nitrogens with zero attached hydrogens (tertiary/aromatic N) is 2. The largest absolute Gasteiger partial charge is 0.452 e. The fourth-order valence-corrected chi connectivity index (χ4v) is 2.60. The zero-order valence-electron chi connectivity index (χ0n) is 15.0. The Hall–Kier alpha value is -3.27. The molecule has 0 unspecified atom stereocenters. The van der Waals surface area contributed by atoms with Crippen LogP contribution in [0.1, 0.15) is 27.9 Å². The predicted molar refractivity (Wildman–Crippen MR) is 95.1 cm³/mol. The summed E-state index contributed by atoms with van der Waals surface area (Å²) in [6.07, 6.45) is 0.0965. The standard InChI is InChI=1S/C20H18F2N2O3/c1-13-8-14(2)10-16(9-13)24(7-3-6-23)19(25)12-27-20(26)17-5-4-15(21)11-18(17)22/h4-5,8-11H,3,7,12H2,1-2H3. The molecule has 7 heteroatoms. The molecule has 2 rings (SSSR count). The van der Waals surface area contributed by atoms with Gasteiger partial charge in [-0.3, -0.25) is 4.79 Å². The third kappa shape index (κ3) is 5.35. The molecule has 0 saturated heterocycles. The third-order valence-corrected chi connectivity index (χ3v) is 3.74. The Bertz CT molecular complexity index is 886. The molecule has 0 spiro atoms. The maximum absolute atomic E-state index is 13.6. The highest BCUT2D eigenvalue weighted by Gasteiger charge is 2.20. The fourth-order valence-electron chi connectivity index (χ4n) is 2.60. The van der Waals surface area contributed by atoms with Crippen LogP contribution >= 0.6 is 0 Å². The van der Waals surface area contributed by atoms with Gasteiger partial charge in [0.05, 0.1) is 18.1 Å². The topological polar surface area (TPSA) is 70.4 Å². The van der Waals surface area contributed by atoms with Gasteiger partial charge in [0.15, 0.2) is 6.61 Å². The first-order chi connectivity index (χ1) is 12.8. The molecule has 0 aliphatic carbocycles. The van der Waals surface area contributed by atoms with Gasteiger partial charge in [0.25, 0.3) is 5.91 Å². The zero-order valence-corrected chi connectivity index (χ0v) is 15.0. The van der Waals surface area contributed by atoms with Gasteiger partial charge in [-0.25, -0.2) is 13.6 Å². The zero-order chi connectivity index (χ0) is 20.0. The summed E-state index contributed by atoms with van der Waals surface area (Å²) in [6, 6.07) is 9.91. The molecule has 0 N–H and O–H groups in total. The monoisotopic (exact) mass is 372 g/mol. The van der Waals surface area contributed by atoms with Crippen LogP contribution in [0.3, 0.4) is 0 Å². The van der Waals surface area contributed by atoms with Crippen LogP contribution in [0.15, 0.2) is 36.4 Å². The number of esters is 1. The molecule has 140 valence electrons. The first kappa shape index (κ1) is 20.0. The van der Waals surface area contributed by atoms with Gasteiger partial charge in [-0.2, -0.15) is 5.26 Å². The lowest BCUT2D eigenvalue weighted by molar-refractivity contribution is -0.121. The van der Waals surface area contributed by atoms with Crippen molar-refractivity contribution in [1.82, 2.24) is 0 Å². The van der Waals surface area contributed by atoms with Crippen molar-refractivity contribution in [3.63, 3.8) is 0 Å². The molecular weight excluding hydrogens is 354 g/mol. The maximum Gasteiger partial charge on any atom is 0.341 e. The number of aryl methyl sites for hydroxylation is 2. The Kier molecular flexibility index (Phi) is 6.61. The molecule has 1 amide bonds. The summed E-state index contributed by atoms with van der Waals surface area (Å²) < 4.78 is 31.4. The normalized spacial score (nSPS) is 10.2. The summed E-state index contributed by atoms with van der Waals surface area (Å²) in [7, 11) is 0. The van der Waals surface area contributed by atoms with Gasteiger partial charge in [0.1, 0.15) is 11.6 Å². The van der Waals surface area contributed by atoms with Crippen molar-refractivity contribution in [3.8, 4) is 6.07 Å². The second kappa shape index (κ2) is 8.90. The van der Waals surface area contributed by atoms with E-state index >= 15 is 0 Å². The van der Waals surface area contributed by atoms with Gasteiger partial charge in [-0.05, 0) is 49.2 Å². The van der Waals surface area contributed by atoms with E-state index in [1.807, 2.05) is 26.0 Å². The molecule has 27 heavy (non-hydrogen) atoms. The summed E-state index contributed by atoms with van der Waals surface area (Å²) in [5, 5.41) is 8.83. The van der Waals surface area contributed by atoms with Crippen molar-refractivity contribution in [2.45, 2.75) is 20.3 Å². The van der Waals surface area contributed by atoms with Crippen molar-refractivity contribution >= 4 is 17.6 Å². The van der Waals surface area contributed by atoms with E-state index < -0.39 is 35.7 Å². The summed E-state index contributed by atoms with van der Waals surface area (Å²) in [6.45, 7) is 3.25. The minimum Gasteiger partial charge on any atom is -0.452 e. The summed E-state index contributed by atoms with van der Waals surface area (Å²) in [4.78, 5) is 25.8.